The van der Waals surface area contributed by atoms with E-state index in [1.54, 1.807) is 6.21 Å². The van der Waals surface area contributed by atoms with E-state index in [1.165, 1.54) is 5.56 Å². The Kier molecular flexibility index (Phi) is 7.36. The molecular weight excluding hydrogens is 418 g/mol. The van der Waals surface area contributed by atoms with Crippen molar-refractivity contribution in [1.29, 1.82) is 0 Å². The van der Waals surface area contributed by atoms with E-state index < -0.39 is 0 Å². The van der Waals surface area contributed by atoms with Gasteiger partial charge in [0.2, 0.25) is 5.95 Å². The van der Waals surface area contributed by atoms with Crippen molar-refractivity contribution in [2.75, 3.05) is 25.2 Å². The van der Waals surface area contributed by atoms with Crippen LogP contribution in [0.15, 0.2) is 58.4 Å². The molecule has 0 fully saturated rings. The van der Waals surface area contributed by atoms with Gasteiger partial charge < -0.3 is 9.47 Å². The average Bonchev–Trinajstić information content (AvgIpc) is 2.82. The third-order valence-electron chi connectivity index (χ3n) is 5.35. The fraction of sp³-hybridized carbons (Fsp3) is 0.320. The van der Waals surface area contributed by atoms with Crippen LogP contribution in [0.25, 0.3) is 0 Å². The molecule has 0 unspecified atom stereocenters. The molecule has 0 amide bonds. The maximum absolute atomic E-state index is 12.7. The van der Waals surface area contributed by atoms with E-state index in [0.717, 1.165) is 36.3 Å². The number of benzene rings is 2. The van der Waals surface area contributed by atoms with Gasteiger partial charge in [-0.05, 0) is 43.2 Å². The molecule has 3 aromatic rings. The lowest BCUT2D eigenvalue weighted by molar-refractivity contribution is 0.242. The highest BCUT2D eigenvalue weighted by Crippen LogP contribution is 2.28. The number of anilines is 1. The summed E-state index contributed by atoms with van der Waals surface area (Å²) in [7, 11) is 0. The van der Waals surface area contributed by atoms with Crippen molar-refractivity contribution < 1.29 is 9.47 Å². The van der Waals surface area contributed by atoms with Gasteiger partial charge in [-0.15, -0.1) is 0 Å². The number of rotatable bonds is 9. The van der Waals surface area contributed by atoms with E-state index in [-0.39, 0.29) is 5.56 Å². The van der Waals surface area contributed by atoms with Gasteiger partial charge >= 0.3 is 0 Å². The van der Waals surface area contributed by atoms with Crippen LogP contribution in [0, 0.1) is 0 Å². The molecule has 0 radical (unpaired) electrons. The van der Waals surface area contributed by atoms with Gasteiger partial charge in [0, 0.05) is 26.1 Å². The number of hydrazone groups is 1. The summed E-state index contributed by atoms with van der Waals surface area (Å²) < 4.78 is 11.2. The zero-order chi connectivity index (χ0) is 23.0. The van der Waals surface area contributed by atoms with Crippen molar-refractivity contribution in [2.24, 2.45) is 5.10 Å². The molecule has 0 spiro atoms. The average molecular weight is 448 g/mol. The third kappa shape index (κ3) is 5.78. The number of aromatic amines is 1. The molecule has 2 heterocycles. The molecule has 0 bridgehead atoms. The van der Waals surface area contributed by atoms with E-state index in [4.69, 9.17) is 9.47 Å². The lowest BCUT2D eigenvalue weighted by Gasteiger charge is -2.27. The van der Waals surface area contributed by atoms with Gasteiger partial charge in [0.15, 0.2) is 11.5 Å². The van der Waals surface area contributed by atoms with Crippen LogP contribution in [0.4, 0.5) is 5.95 Å². The lowest BCUT2D eigenvalue weighted by atomic mass is 10.1. The molecule has 0 aliphatic carbocycles. The van der Waals surface area contributed by atoms with Gasteiger partial charge in [-0.3, -0.25) is 14.7 Å². The molecule has 33 heavy (non-hydrogen) atoms. The minimum absolute atomic E-state index is 0.129. The first kappa shape index (κ1) is 22.5. The maximum Gasteiger partial charge on any atom is 0.257 e. The second-order valence-electron chi connectivity index (χ2n) is 7.73. The van der Waals surface area contributed by atoms with Crippen LogP contribution < -0.4 is 20.5 Å². The van der Waals surface area contributed by atoms with Crippen molar-refractivity contribution >= 4 is 12.2 Å². The first-order chi connectivity index (χ1) is 16.2. The number of hydrogen-bond donors (Lipinski definition) is 2. The Morgan fingerprint density at radius 3 is 2.70 bits per heavy atom. The van der Waals surface area contributed by atoms with Crippen molar-refractivity contribution in [3.63, 3.8) is 0 Å². The molecule has 0 saturated carbocycles. The van der Waals surface area contributed by atoms with Crippen LogP contribution in [0.2, 0.25) is 0 Å². The summed E-state index contributed by atoms with van der Waals surface area (Å²) in [6.07, 6.45) is 2.38. The fourth-order valence-electron chi connectivity index (χ4n) is 3.83. The number of fused-ring (bicyclic) bond motifs is 1. The molecule has 4 rings (SSSR count). The standard InChI is InChI=1S/C25H29N5O3/c1-3-32-22-11-10-19(14-23(22)33-4-2)15-26-29-25-27-21-12-13-30(17-20(21)24(31)28-25)16-18-8-6-5-7-9-18/h5-11,14-15H,3-4,12-13,16-17H2,1-2H3,(H2,27,28,29,31)/b26-15-. The summed E-state index contributed by atoms with van der Waals surface area (Å²) in [4.78, 5) is 22.3. The Balaban J connectivity index is 1.42. The molecular formula is C25H29N5O3. The van der Waals surface area contributed by atoms with Crippen LogP contribution in [0.3, 0.4) is 0 Å². The molecule has 2 N–H and O–H groups in total. The largest absolute Gasteiger partial charge is 0.490 e. The zero-order valence-corrected chi connectivity index (χ0v) is 19.0. The number of aromatic nitrogens is 2. The van der Waals surface area contributed by atoms with E-state index >= 15 is 0 Å². The molecule has 2 aromatic carbocycles. The van der Waals surface area contributed by atoms with Crippen molar-refractivity contribution in [2.45, 2.75) is 33.4 Å². The Morgan fingerprint density at radius 2 is 1.91 bits per heavy atom. The first-order valence-corrected chi connectivity index (χ1v) is 11.2. The van der Waals surface area contributed by atoms with Gasteiger partial charge in [-0.2, -0.15) is 5.10 Å². The highest BCUT2D eigenvalue weighted by Gasteiger charge is 2.21. The Bertz CT molecular complexity index is 1160. The summed E-state index contributed by atoms with van der Waals surface area (Å²) in [5.74, 6) is 1.71. The third-order valence-corrected chi connectivity index (χ3v) is 5.35. The molecule has 172 valence electrons. The van der Waals surface area contributed by atoms with E-state index in [1.807, 2.05) is 50.2 Å². The smallest absolute Gasteiger partial charge is 0.257 e. The minimum Gasteiger partial charge on any atom is -0.490 e. The van der Waals surface area contributed by atoms with Gasteiger partial charge in [-0.25, -0.2) is 10.4 Å². The van der Waals surface area contributed by atoms with Crippen LogP contribution in [-0.4, -0.2) is 40.8 Å². The SMILES string of the molecule is CCOc1ccc(/C=N\Nc2nc3c(c(=O)[nH]2)CN(Cc2ccccc2)CC3)cc1OCC. The number of ether oxygens (including phenoxy) is 2. The number of H-pyrrole nitrogens is 1. The summed E-state index contributed by atoms with van der Waals surface area (Å²) >= 11 is 0. The topological polar surface area (TPSA) is 91.8 Å². The maximum atomic E-state index is 12.7. The van der Waals surface area contributed by atoms with Gasteiger partial charge in [0.05, 0.1) is 30.7 Å². The quantitative estimate of drug-likeness (QED) is 0.385. The molecule has 1 aromatic heterocycles. The van der Waals surface area contributed by atoms with Crippen molar-refractivity contribution in [3.8, 4) is 11.5 Å². The summed E-state index contributed by atoms with van der Waals surface area (Å²) in [5, 5.41) is 4.24. The van der Waals surface area contributed by atoms with Gasteiger partial charge in [-0.1, -0.05) is 30.3 Å². The van der Waals surface area contributed by atoms with E-state index in [9.17, 15) is 4.79 Å². The van der Waals surface area contributed by atoms with Gasteiger partial charge in [0.25, 0.3) is 5.56 Å². The number of hydrogen-bond acceptors (Lipinski definition) is 7. The van der Waals surface area contributed by atoms with Crippen molar-refractivity contribution in [3.05, 3.63) is 81.3 Å². The summed E-state index contributed by atoms with van der Waals surface area (Å²) in [6.45, 7) is 7.23. The highest BCUT2D eigenvalue weighted by molar-refractivity contribution is 5.81. The molecule has 8 heteroatoms. The van der Waals surface area contributed by atoms with Crippen LogP contribution >= 0.6 is 0 Å². The van der Waals surface area contributed by atoms with E-state index in [2.05, 4.69) is 37.5 Å². The van der Waals surface area contributed by atoms with E-state index in [0.29, 0.717) is 37.2 Å². The zero-order valence-electron chi connectivity index (χ0n) is 19.0. The molecule has 0 saturated heterocycles. The highest BCUT2D eigenvalue weighted by atomic mass is 16.5. The number of nitrogens with zero attached hydrogens (tertiary/aromatic N) is 3. The lowest BCUT2D eigenvalue weighted by Crippen LogP contribution is -2.35. The minimum atomic E-state index is -0.129. The normalized spacial score (nSPS) is 13.6. The molecule has 1 aliphatic heterocycles. The Labute approximate surface area is 193 Å². The second kappa shape index (κ2) is 10.8. The number of nitrogens with one attached hydrogen (secondary N) is 2. The van der Waals surface area contributed by atoms with Crippen LogP contribution in [0.5, 0.6) is 11.5 Å². The van der Waals surface area contributed by atoms with Crippen LogP contribution in [-0.2, 0) is 19.5 Å². The molecule has 8 nitrogen and oxygen atoms in total. The predicted molar refractivity (Wildman–Crippen MR) is 129 cm³/mol. The summed E-state index contributed by atoms with van der Waals surface area (Å²) in [6, 6.07) is 15.9. The first-order valence-electron chi connectivity index (χ1n) is 11.2. The fourth-order valence-corrected chi connectivity index (χ4v) is 3.83. The molecule has 0 atom stereocenters. The second-order valence-corrected chi connectivity index (χ2v) is 7.73. The summed E-state index contributed by atoms with van der Waals surface area (Å²) in [5.41, 5.74) is 6.33. The monoisotopic (exact) mass is 447 g/mol. The predicted octanol–water partition coefficient (Wildman–Crippen LogP) is 3.57. The van der Waals surface area contributed by atoms with Crippen LogP contribution in [0.1, 0.15) is 36.2 Å². The van der Waals surface area contributed by atoms with Gasteiger partial charge in [0.1, 0.15) is 0 Å². The Hall–Kier alpha value is -3.65. The van der Waals surface area contributed by atoms with Crippen molar-refractivity contribution in [1.82, 2.24) is 14.9 Å². The Morgan fingerprint density at radius 1 is 1.12 bits per heavy atom. The molecule has 1 aliphatic rings.